The van der Waals surface area contributed by atoms with E-state index in [1.807, 2.05) is 0 Å². The largest absolute Gasteiger partial charge is 0.458 e. The van der Waals surface area contributed by atoms with Gasteiger partial charge in [-0.15, -0.1) is 0 Å². The summed E-state index contributed by atoms with van der Waals surface area (Å²) < 4.78 is 5.10. The van der Waals surface area contributed by atoms with Crippen molar-refractivity contribution in [3.8, 4) is 0 Å². The molecule has 0 radical (unpaired) electrons. The number of aliphatic hydroxyl groups is 2. The summed E-state index contributed by atoms with van der Waals surface area (Å²) in [6, 6.07) is 8.26. The van der Waals surface area contributed by atoms with Crippen LogP contribution in [-0.4, -0.2) is 28.4 Å². The van der Waals surface area contributed by atoms with Gasteiger partial charge in [-0.3, -0.25) is 0 Å². The van der Waals surface area contributed by atoms with Crippen molar-refractivity contribution in [3.63, 3.8) is 0 Å². The third-order valence-electron chi connectivity index (χ3n) is 2.22. The molecule has 17 heavy (non-hydrogen) atoms. The fraction of sp³-hybridized carbons (Fsp3) is 0.462. The highest BCUT2D eigenvalue weighted by molar-refractivity contribution is 5.81. The van der Waals surface area contributed by atoms with Crippen molar-refractivity contribution >= 4 is 5.97 Å². The second-order valence-corrected chi connectivity index (χ2v) is 4.89. The molecule has 94 valence electrons. The maximum atomic E-state index is 11.9. The third kappa shape index (κ3) is 3.28. The summed E-state index contributed by atoms with van der Waals surface area (Å²) >= 11 is 0. The molecule has 0 spiro atoms. The first-order valence-electron chi connectivity index (χ1n) is 5.42. The lowest BCUT2D eigenvalue weighted by atomic mass is 9.94. The van der Waals surface area contributed by atoms with Crippen molar-refractivity contribution in [3.05, 3.63) is 35.9 Å². The van der Waals surface area contributed by atoms with E-state index >= 15 is 0 Å². The fourth-order valence-corrected chi connectivity index (χ4v) is 1.35. The molecule has 0 amide bonds. The lowest BCUT2D eigenvalue weighted by Crippen LogP contribution is -2.44. The molecule has 1 aromatic carbocycles. The van der Waals surface area contributed by atoms with Gasteiger partial charge < -0.3 is 14.9 Å². The Morgan fingerprint density at radius 2 is 1.76 bits per heavy atom. The van der Waals surface area contributed by atoms with Gasteiger partial charge >= 0.3 is 5.97 Å². The van der Waals surface area contributed by atoms with E-state index in [0.29, 0.717) is 5.56 Å². The van der Waals surface area contributed by atoms with Crippen molar-refractivity contribution in [1.29, 1.82) is 0 Å². The normalized spacial score (nSPS) is 15.1. The molecule has 4 heteroatoms. The summed E-state index contributed by atoms with van der Waals surface area (Å²) in [6.45, 7) is 4.39. The Morgan fingerprint density at radius 1 is 1.24 bits per heavy atom. The molecule has 4 nitrogen and oxygen atoms in total. The predicted molar refractivity (Wildman–Crippen MR) is 63.3 cm³/mol. The van der Waals surface area contributed by atoms with Crippen molar-refractivity contribution in [2.24, 2.45) is 0 Å². The van der Waals surface area contributed by atoms with Crippen LogP contribution in [-0.2, 0) is 15.1 Å². The van der Waals surface area contributed by atoms with Gasteiger partial charge in [0.15, 0.2) is 0 Å². The summed E-state index contributed by atoms with van der Waals surface area (Å²) in [6.07, 6.45) is 0. The minimum atomic E-state index is -2.01. The molecule has 0 aliphatic rings. The summed E-state index contributed by atoms with van der Waals surface area (Å²) in [5, 5.41) is 19.5. The number of hydrogen-bond acceptors (Lipinski definition) is 4. The van der Waals surface area contributed by atoms with Gasteiger partial charge in [-0.25, -0.2) is 4.79 Å². The van der Waals surface area contributed by atoms with Crippen LogP contribution in [0.3, 0.4) is 0 Å². The molecule has 0 unspecified atom stereocenters. The van der Waals surface area contributed by atoms with Crippen LogP contribution >= 0.6 is 0 Å². The summed E-state index contributed by atoms with van der Waals surface area (Å²) in [4.78, 5) is 11.9. The molecule has 0 saturated carbocycles. The van der Waals surface area contributed by atoms with Gasteiger partial charge in [0.05, 0.1) is 6.61 Å². The quantitative estimate of drug-likeness (QED) is 0.777. The Hall–Kier alpha value is -1.39. The van der Waals surface area contributed by atoms with Crippen LogP contribution < -0.4 is 0 Å². The van der Waals surface area contributed by atoms with Crippen LogP contribution in [0.5, 0.6) is 0 Å². The van der Waals surface area contributed by atoms with Crippen molar-refractivity contribution < 1.29 is 19.7 Å². The minimum absolute atomic E-state index is 0.316. The van der Waals surface area contributed by atoms with Crippen molar-refractivity contribution in [2.45, 2.75) is 32.0 Å². The number of esters is 1. The van der Waals surface area contributed by atoms with E-state index in [0.717, 1.165) is 0 Å². The van der Waals surface area contributed by atoms with Gasteiger partial charge in [0.2, 0.25) is 5.60 Å². The molecule has 0 saturated heterocycles. The van der Waals surface area contributed by atoms with Gasteiger partial charge in [-0.2, -0.15) is 0 Å². The van der Waals surface area contributed by atoms with E-state index in [9.17, 15) is 15.0 Å². The topological polar surface area (TPSA) is 66.8 Å². The monoisotopic (exact) mass is 238 g/mol. The lowest BCUT2D eigenvalue weighted by Gasteiger charge is -2.29. The van der Waals surface area contributed by atoms with E-state index in [1.54, 1.807) is 51.1 Å². The van der Waals surface area contributed by atoms with Gasteiger partial charge in [-0.05, 0) is 26.3 Å². The number of hydrogen-bond donors (Lipinski definition) is 2. The maximum absolute atomic E-state index is 11.9. The molecular weight excluding hydrogens is 220 g/mol. The second-order valence-electron chi connectivity index (χ2n) is 4.89. The number of rotatable bonds is 3. The Labute approximate surface area is 101 Å². The van der Waals surface area contributed by atoms with E-state index in [-0.39, 0.29) is 0 Å². The minimum Gasteiger partial charge on any atom is -0.458 e. The van der Waals surface area contributed by atoms with E-state index in [2.05, 4.69) is 0 Å². The van der Waals surface area contributed by atoms with Crippen LogP contribution in [0.1, 0.15) is 26.3 Å². The molecule has 1 aromatic rings. The first-order valence-corrected chi connectivity index (χ1v) is 5.42. The highest BCUT2D eigenvalue weighted by Crippen LogP contribution is 2.24. The smallest absolute Gasteiger partial charge is 0.345 e. The van der Waals surface area contributed by atoms with Crippen LogP contribution in [0.2, 0.25) is 0 Å². The van der Waals surface area contributed by atoms with Crippen LogP contribution in [0.25, 0.3) is 0 Å². The summed E-state index contributed by atoms with van der Waals surface area (Å²) in [5.74, 6) is -0.848. The molecule has 0 aliphatic heterocycles. The molecule has 1 rings (SSSR count). The number of aliphatic hydroxyl groups excluding tert-OH is 1. The summed E-state index contributed by atoms with van der Waals surface area (Å²) in [7, 11) is 0. The van der Waals surface area contributed by atoms with E-state index in [4.69, 9.17) is 4.74 Å². The zero-order valence-corrected chi connectivity index (χ0v) is 10.3. The third-order valence-corrected chi connectivity index (χ3v) is 2.22. The Bertz CT molecular complexity index is 380. The molecule has 0 fully saturated rings. The van der Waals surface area contributed by atoms with Crippen LogP contribution in [0, 0.1) is 0 Å². The highest BCUT2D eigenvalue weighted by Gasteiger charge is 2.40. The van der Waals surface area contributed by atoms with Gasteiger partial charge in [-0.1, -0.05) is 30.3 Å². The maximum Gasteiger partial charge on any atom is 0.345 e. The Kier molecular flexibility index (Phi) is 3.91. The molecule has 0 aliphatic carbocycles. The lowest BCUT2D eigenvalue weighted by molar-refractivity contribution is -0.182. The predicted octanol–water partition coefficient (Wildman–Crippen LogP) is 1.21. The van der Waals surface area contributed by atoms with Crippen LogP contribution in [0.15, 0.2) is 30.3 Å². The average Bonchev–Trinajstić information content (AvgIpc) is 2.27. The molecule has 0 aromatic heterocycles. The van der Waals surface area contributed by atoms with Gasteiger partial charge in [0.1, 0.15) is 5.60 Å². The molecule has 2 N–H and O–H groups in total. The second kappa shape index (κ2) is 4.85. The number of ether oxygens (including phenoxy) is 1. The summed E-state index contributed by atoms with van der Waals surface area (Å²) in [5.41, 5.74) is -2.40. The zero-order chi connectivity index (χ0) is 13.1. The van der Waals surface area contributed by atoms with Gasteiger partial charge in [0, 0.05) is 0 Å². The number of carbonyl (C=O) groups excluding carboxylic acids is 1. The standard InChI is InChI=1S/C13H18O4/c1-12(2,3)17-11(15)13(16,9-14)10-7-5-4-6-8-10/h4-8,14,16H,9H2,1-3H3/t13-/m0/s1. The molecule has 1 atom stereocenters. The average molecular weight is 238 g/mol. The number of benzene rings is 1. The number of carbonyl (C=O) groups is 1. The first-order chi connectivity index (χ1) is 7.79. The van der Waals surface area contributed by atoms with Crippen molar-refractivity contribution in [2.75, 3.05) is 6.61 Å². The zero-order valence-electron chi connectivity index (χ0n) is 10.3. The SMILES string of the molecule is CC(C)(C)OC(=O)[C@](O)(CO)c1ccccc1. The van der Waals surface area contributed by atoms with Gasteiger partial charge in [0.25, 0.3) is 0 Å². The first kappa shape index (κ1) is 13.7. The molecular formula is C13H18O4. The van der Waals surface area contributed by atoms with Crippen LogP contribution in [0.4, 0.5) is 0 Å². The van der Waals surface area contributed by atoms with E-state index < -0.39 is 23.8 Å². The molecule has 0 heterocycles. The highest BCUT2D eigenvalue weighted by atomic mass is 16.6. The van der Waals surface area contributed by atoms with E-state index in [1.165, 1.54) is 0 Å². The molecule has 0 bridgehead atoms. The Balaban J connectivity index is 3.01. The van der Waals surface area contributed by atoms with Crippen molar-refractivity contribution in [1.82, 2.24) is 0 Å². The fourth-order valence-electron chi connectivity index (χ4n) is 1.35. The Morgan fingerprint density at radius 3 is 2.18 bits per heavy atom.